The van der Waals surface area contributed by atoms with Crippen molar-refractivity contribution in [2.24, 2.45) is 0 Å². The zero-order chi connectivity index (χ0) is 19.8. The molecule has 0 radical (unpaired) electrons. The number of amides is 1. The molecule has 148 valence electrons. The minimum atomic E-state index is -0.0964. The van der Waals surface area contributed by atoms with Gasteiger partial charge in [-0.1, -0.05) is 43.2 Å². The van der Waals surface area contributed by atoms with Crippen molar-refractivity contribution < 1.29 is 4.79 Å². The van der Waals surface area contributed by atoms with Gasteiger partial charge in [0.1, 0.15) is 0 Å². The molecule has 2 aromatic rings. The van der Waals surface area contributed by atoms with Gasteiger partial charge >= 0.3 is 0 Å². The first kappa shape index (κ1) is 19.8. The number of hydrogen-bond acceptors (Lipinski definition) is 4. The Labute approximate surface area is 167 Å². The van der Waals surface area contributed by atoms with E-state index < -0.39 is 0 Å². The third kappa shape index (κ3) is 5.52. The molecule has 0 aliphatic heterocycles. The van der Waals surface area contributed by atoms with Crippen LogP contribution < -0.4 is 22.1 Å². The number of carbonyl (C=O) groups excluding carboxylic acids is 1. The summed E-state index contributed by atoms with van der Waals surface area (Å²) in [4.78, 5) is 12.1. The molecule has 0 saturated heterocycles. The third-order valence-electron chi connectivity index (χ3n) is 4.98. The Bertz CT molecular complexity index is 838. The highest BCUT2D eigenvalue weighted by Gasteiger charge is 2.19. The van der Waals surface area contributed by atoms with E-state index in [0.717, 1.165) is 43.5 Å². The summed E-state index contributed by atoms with van der Waals surface area (Å²) in [5, 5.41) is 6.54. The molecule has 5 nitrogen and oxygen atoms in total. The fraction of sp³-hybridized carbons (Fsp3) is 0.348. The number of anilines is 2. The summed E-state index contributed by atoms with van der Waals surface area (Å²) in [6.45, 7) is 1.62. The van der Waals surface area contributed by atoms with E-state index in [1.807, 2.05) is 30.3 Å². The van der Waals surface area contributed by atoms with Gasteiger partial charge in [-0.05, 0) is 49.5 Å². The minimum absolute atomic E-state index is 0.0964. The zero-order valence-corrected chi connectivity index (χ0v) is 16.3. The molecule has 0 unspecified atom stereocenters. The van der Waals surface area contributed by atoms with Crippen molar-refractivity contribution in [2.45, 2.75) is 38.5 Å². The van der Waals surface area contributed by atoms with Gasteiger partial charge in [-0.15, -0.1) is 0 Å². The number of para-hydroxylation sites is 2. The molecule has 0 heterocycles. The van der Waals surface area contributed by atoms with Crippen molar-refractivity contribution in [1.29, 1.82) is 0 Å². The molecule has 0 bridgehead atoms. The van der Waals surface area contributed by atoms with Crippen LogP contribution in [-0.2, 0) is 0 Å². The van der Waals surface area contributed by atoms with E-state index in [0.29, 0.717) is 17.8 Å². The first-order valence-corrected chi connectivity index (χ1v) is 10.1. The number of hydrogen-bond donors (Lipinski definition) is 4. The molecule has 1 aliphatic rings. The topological polar surface area (TPSA) is 93.2 Å². The molecule has 6 N–H and O–H groups in total. The average molecular weight is 379 g/mol. The molecule has 3 rings (SSSR count). The van der Waals surface area contributed by atoms with Gasteiger partial charge < -0.3 is 22.1 Å². The van der Waals surface area contributed by atoms with E-state index in [9.17, 15) is 4.79 Å². The van der Waals surface area contributed by atoms with Crippen LogP contribution in [0.2, 0.25) is 0 Å². The molecule has 1 amide bonds. The molecule has 2 aromatic carbocycles. The Hall–Kier alpha value is -2.95. The van der Waals surface area contributed by atoms with Gasteiger partial charge in [0.15, 0.2) is 0 Å². The zero-order valence-electron chi connectivity index (χ0n) is 16.3. The number of nitrogen functional groups attached to an aromatic ring is 2. The maximum Gasteiger partial charge on any atom is 0.253 e. The first-order valence-electron chi connectivity index (χ1n) is 10.1. The molecule has 1 saturated carbocycles. The SMILES string of the molecule is Nc1ccccc1C(=O)NCCCCCCNC(=C1CC1)c1ccccc1N. The number of rotatable bonds is 10. The highest BCUT2D eigenvalue weighted by Crippen LogP contribution is 2.36. The number of carbonyl (C=O) groups is 1. The number of unbranched alkanes of at least 4 members (excludes halogenated alkanes) is 3. The third-order valence-corrected chi connectivity index (χ3v) is 4.98. The molecular formula is C23H30N4O. The maximum atomic E-state index is 12.1. The van der Waals surface area contributed by atoms with Gasteiger partial charge in [-0.25, -0.2) is 0 Å². The number of nitrogens with one attached hydrogen (secondary N) is 2. The summed E-state index contributed by atoms with van der Waals surface area (Å²) in [6, 6.07) is 15.2. The fourth-order valence-corrected chi connectivity index (χ4v) is 3.27. The van der Waals surface area contributed by atoms with Crippen LogP contribution in [0.1, 0.15) is 54.4 Å². The van der Waals surface area contributed by atoms with Gasteiger partial charge in [-0.2, -0.15) is 0 Å². The van der Waals surface area contributed by atoms with E-state index in [1.165, 1.54) is 24.1 Å². The number of allylic oxidation sites excluding steroid dienone is 1. The van der Waals surface area contributed by atoms with Gasteiger partial charge in [0.25, 0.3) is 5.91 Å². The largest absolute Gasteiger partial charge is 0.398 e. The standard InChI is InChI=1S/C23H30N4O/c24-20-11-5-3-9-18(20)22(17-13-14-17)26-15-7-1-2-8-16-27-23(28)19-10-4-6-12-21(19)25/h3-6,9-12,26H,1-2,7-8,13-16,24-25H2,(H,27,28). The summed E-state index contributed by atoms with van der Waals surface area (Å²) in [5.41, 5.74) is 17.7. The quantitative estimate of drug-likeness (QED) is 0.372. The second-order valence-corrected chi connectivity index (χ2v) is 7.25. The minimum Gasteiger partial charge on any atom is -0.398 e. The molecule has 0 aromatic heterocycles. The van der Waals surface area contributed by atoms with E-state index in [1.54, 1.807) is 12.1 Å². The fourth-order valence-electron chi connectivity index (χ4n) is 3.27. The van der Waals surface area contributed by atoms with E-state index >= 15 is 0 Å². The lowest BCUT2D eigenvalue weighted by Crippen LogP contribution is -2.25. The molecule has 0 atom stereocenters. The van der Waals surface area contributed by atoms with Crippen molar-refractivity contribution in [3.63, 3.8) is 0 Å². The van der Waals surface area contributed by atoms with Crippen LogP contribution in [0.15, 0.2) is 54.1 Å². The highest BCUT2D eigenvalue weighted by atomic mass is 16.1. The van der Waals surface area contributed by atoms with Crippen LogP contribution in [-0.4, -0.2) is 19.0 Å². The van der Waals surface area contributed by atoms with Crippen molar-refractivity contribution in [1.82, 2.24) is 10.6 Å². The van der Waals surface area contributed by atoms with Gasteiger partial charge in [0.05, 0.1) is 5.56 Å². The first-order chi connectivity index (χ1) is 13.7. The van der Waals surface area contributed by atoms with Crippen LogP contribution >= 0.6 is 0 Å². The van der Waals surface area contributed by atoms with Crippen molar-refractivity contribution >= 4 is 23.0 Å². The van der Waals surface area contributed by atoms with Crippen LogP contribution in [0, 0.1) is 0 Å². The van der Waals surface area contributed by atoms with Crippen molar-refractivity contribution in [3.8, 4) is 0 Å². The Balaban J connectivity index is 1.31. The van der Waals surface area contributed by atoms with Gasteiger partial charge in [-0.3, -0.25) is 4.79 Å². The predicted octanol–water partition coefficient (Wildman–Crippen LogP) is 3.94. The van der Waals surface area contributed by atoms with Crippen LogP contribution in [0.25, 0.3) is 5.70 Å². The lowest BCUT2D eigenvalue weighted by atomic mass is 10.1. The predicted molar refractivity (Wildman–Crippen MR) is 117 cm³/mol. The van der Waals surface area contributed by atoms with Crippen LogP contribution in [0.3, 0.4) is 0 Å². The van der Waals surface area contributed by atoms with Crippen molar-refractivity contribution in [2.75, 3.05) is 24.6 Å². The summed E-state index contributed by atoms with van der Waals surface area (Å²) in [6.07, 6.45) is 6.63. The maximum absolute atomic E-state index is 12.1. The number of benzene rings is 2. The second-order valence-electron chi connectivity index (χ2n) is 7.25. The van der Waals surface area contributed by atoms with Gasteiger partial charge in [0.2, 0.25) is 0 Å². The second kappa shape index (κ2) is 9.83. The Morgan fingerprint density at radius 1 is 0.750 bits per heavy atom. The Kier molecular flexibility index (Phi) is 6.95. The summed E-state index contributed by atoms with van der Waals surface area (Å²) in [5.74, 6) is -0.0964. The summed E-state index contributed by atoms with van der Waals surface area (Å²) < 4.78 is 0. The highest BCUT2D eigenvalue weighted by molar-refractivity contribution is 5.99. The smallest absolute Gasteiger partial charge is 0.253 e. The molecular weight excluding hydrogens is 348 g/mol. The summed E-state index contributed by atoms with van der Waals surface area (Å²) in [7, 11) is 0. The van der Waals surface area contributed by atoms with Crippen LogP contribution in [0.4, 0.5) is 11.4 Å². The van der Waals surface area contributed by atoms with E-state index in [-0.39, 0.29) is 5.91 Å². The molecule has 0 spiro atoms. The monoisotopic (exact) mass is 378 g/mol. The lowest BCUT2D eigenvalue weighted by molar-refractivity contribution is 0.0954. The average Bonchev–Trinajstić information content (AvgIpc) is 3.53. The van der Waals surface area contributed by atoms with E-state index in [2.05, 4.69) is 16.7 Å². The van der Waals surface area contributed by atoms with Crippen molar-refractivity contribution in [3.05, 3.63) is 65.2 Å². The molecule has 1 fully saturated rings. The molecule has 5 heteroatoms. The normalized spacial score (nSPS) is 12.5. The molecule has 1 aliphatic carbocycles. The van der Waals surface area contributed by atoms with Gasteiger partial charge in [0, 0.05) is 35.7 Å². The lowest BCUT2D eigenvalue weighted by Gasteiger charge is -2.13. The van der Waals surface area contributed by atoms with E-state index in [4.69, 9.17) is 11.5 Å². The molecule has 28 heavy (non-hydrogen) atoms. The number of nitrogens with two attached hydrogens (primary N) is 2. The Morgan fingerprint density at radius 3 is 1.86 bits per heavy atom. The van der Waals surface area contributed by atoms with Crippen LogP contribution in [0.5, 0.6) is 0 Å². The Morgan fingerprint density at radius 2 is 1.29 bits per heavy atom. The summed E-state index contributed by atoms with van der Waals surface area (Å²) >= 11 is 0.